The van der Waals surface area contributed by atoms with E-state index in [0.29, 0.717) is 19.3 Å². The number of hydrogen-bond donors (Lipinski definition) is 1. The molecule has 0 aliphatic rings. The third kappa shape index (κ3) is 9.05. The maximum atomic E-state index is 11.2. The molecule has 0 radical (unpaired) electrons. The van der Waals surface area contributed by atoms with E-state index >= 15 is 0 Å². The van der Waals surface area contributed by atoms with Gasteiger partial charge in [0.15, 0.2) is 0 Å². The summed E-state index contributed by atoms with van der Waals surface area (Å²) in [6.45, 7) is 7.36. The minimum Gasteiger partial charge on any atom is -0.352 e. The van der Waals surface area contributed by atoms with Crippen LogP contribution in [0.5, 0.6) is 0 Å². The summed E-state index contributed by atoms with van der Waals surface area (Å²) < 4.78 is 0. The predicted octanol–water partition coefficient (Wildman–Crippen LogP) is 1.66. The molecule has 0 aliphatic heterocycles. The van der Waals surface area contributed by atoms with Crippen LogP contribution in [0.4, 0.5) is 0 Å². The summed E-state index contributed by atoms with van der Waals surface area (Å²) in [6.07, 6.45) is 1.59. The molecule has 0 fully saturated rings. The van der Waals surface area contributed by atoms with E-state index in [0.717, 1.165) is 0 Å². The lowest BCUT2D eigenvalue weighted by Gasteiger charge is -2.20. The molecule has 13 heavy (non-hydrogen) atoms. The van der Waals surface area contributed by atoms with Gasteiger partial charge in [-0.1, -0.05) is 0 Å². The van der Waals surface area contributed by atoms with E-state index in [1.807, 2.05) is 20.8 Å². The highest BCUT2D eigenvalue weighted by atomic mass is 16.1. The fourth-order valence-electron chi connectivity index (χ4n) is 0.979. The van der Waals surface area contributed by atoms with Gasteiger partial charge in [0.25, 0.3) is 0 Å². The van der Waals surface area contributed by atoms with Crippen molar-refractivity contribution in [3.05, 3.63) is 0 Å². The molecule has 3 heteroatoms. The summed E-state index contributed by atoms with van der Waals surface area (Å²) >= 11 is 0. The van der Waals surface area contributed by atoms with Crippen molar-refractivity contribution in [3.63, 3.8) is 0 Å². The van der Waals surface area contributed by atoms with Crippen molar-refractivity contribution in [2.75, 3.05) is 0 Å². The van der Waals surface area contributed by atoms with E-state index in [9.17, 15) is 9.59 Å². The second-order valence-corrected chi connectivity index (χ2v) is 4.35. The lowest BCUT2D eigenvalue weighted by Crippen LogP contribution is -2.40. The van der Waals surface area contributed by atoms with Crippen LogP contribution in [-0.2, 0) is 9.59 Å². The van der Waals surface area contributed by atoms with E-state index in [2.05, 4.69) is 5.32 Å². The lowest BCUT2D eigenvalue weighted by molar-refractivity contribution is -0.122. The summed E-state index contributed by atoms with van der Waals surface area (Å²) in [7, 11) is 0. The molecule has 0 saturated heterocycles. The zero-order chi connectivity index (χ0) is 10.5. The Kier molecular flexibility index (Phi) is 4.67. The largest absolute Gasteiger partial charge is 0.352 e. The van der Waals surface area contributed by atoms with Crippen LogP contribution in [0.3, 0.4) is 0 Å². The Hall–Kier alpha value is -0.860. The van der Waals surface area contributed by atoms with Crippen LogP contribution in [0, 0.1) is 0 Å². The molecule has 0 atom stereocenters. The molecule has 1 amide bonds. The van der Waals surface area contributed by atoms with E-state index < -0.39 is 0 Å². The quantitative estimate of drug-likeness (QED) is 0.724. The van der Waals surface area contributed by atoms with Gasteiger partial charge in [0, 0.05) is 18.4 Å². The molecule has 0 aromatic carbocycles. The third-order valence-electron chi connectivity index (χ3n) is 1.45. The number of rotatable bonds is 4. The van der Waals surface area contributed by atoms with Crippen LogP contribution in [0.25, 0.3) is 0 Å². The van der Waals surface area contributed by atoms with Gasteiger partial charge in [-0.05, 0) is 34.1 Å². The molecule has 0 rings (SSSR count). The van der Waals surface area contributed by atoms with Crippen molar-refractivity contribution in [2.24, 2.45) is 0 Å². The molecular weight excluding hydrogens is 166 g/mol. The number of hydrogen-bond acceptors (Lipinski definition) is 2. The number of ketones is 1. The van der Waals surface area contributed by atoms with E-state index in [1.165, 1.54) is 0 Å². The standard InChI is InChI=1S/C10H19NO2/c1-8(12)6-5-7-9(13)11-10(2,3)4/h5-7H2,1-4H3,(H,11,13). The van der Waals surface area contributed by atoms with Gasteiger partial charge in [-0.2, -0.15) is 0 Å². The first-order valence-electron chi connectivity index (χ1n) is 4.62. The van der Waals surface area contributed by atoms with Crippen LogP contribution in [0.15, 0.2) is 0 Å². The van der Waals surface area contributed by atoms with Gasteiger partial charge in [-0.15, -0.1) is 0 Å². The van der Waals surface area contributed by atoms with Crippen LogP contribution in [0.1, 0.15) is 47.0 Å². The second-order valence-electron chi connectivity index (χ2n) is 4.35. The molecule has 0 aliphatic carbocycles. The van der Waals surface area contributed by atoms with Crippen molar-refractivity contribution in [3.8, 4) is 0 Å². The molecule has 1 N–H and O–H groups in total. The molecule has 3 nitrogen and oxygen atoms in total. The first-order chi connectivity index (χ1) is 5.81. The Morgan fingerprint density at radius 3 is 2.08 bits per heavy atom. The highest BCUT2D eigenvalue weighted by molar-refractivity contribution is 5.79. The zero-order valence-electron chi connectivity index (χ0n) is 8.94. The number of carbonyl (C=O) groups is 2. The molecule has 0 aromatic rings. The summed E-state index contributed by atoms with van der Waals surface area (Å²) in [5.41, 5.74) is -0.173. The van der Waals surface area contributed by atoms with Crippen molar-refractivity contribution in [1.29, 1.82) is 0 Å². The summed E-state index contributed by atoms with van der Waals surface area (Å²) in [5.74, 6) is 0.164. The molecule has 0 heterocycles. The van der Waals surface area contributed by atoms with Crippen molar-refractivity contribution >= 4 is 11.7 Å². The SMILES string of the molecule is CC(=O)CCCC(=O)NC(C)(C)C. The Labute approximate surface area is 79.9 Å². The van der Waals surface area contributed by atoms with Gasteiger partial charge in [-0.25, -0.2) is 0 Å². The van der Waals surface area contributed by atoms with Gasteiger partial charge < -0.3 is 10.1 Å². The van der Waals surface area contributed by atoms with Gasteiger partial charge in [-0.3, -0.25) is 4.79 Å². The van der Waals surface area contributed by atoms with E-state index in [-0.39, 0.29) is 17.2 Å². The Bertz CT molecular complexity index is 192. The summed E-state index contributed by atoms with van der Waals surface area (Å²) in [5, 5.41) is 2.84. The average molecular weight is 185 g/mol. The van der Waals surface area contributed by atoms with Crippen LogP contribution in [-0.4, -0.2) is 17.2 Å². The number of nitrogens with one attached hydrogen (secondary N) is 1. The van der Waals surface area contributed by atoms with Crippen LogP contribution in [0.2, 0.25) is 0 Å². The summed E-state index contributed by atoms with van der Waals surface area (Å²) in [6, 6.07) is 0. The van der Waals surface area contributed by atoms with E-state index in [4.69, 9.17) is 0 Å². The van der Waals surface area contributed by atoms with Gasteiger partial charge in [0.05, 0.1) is 0 Å². The third-order valence-corrected chi connectivity index (χ3v) is 1.45. The molecule has 0 unspecified atom stereocenters. The van der Waals surface area contributed by atoms with Gasteiger partial charge >= 0.3 is 0 Å². The number of Topliss-reactive ketones (excluding diaryl/α,β-unsaturated/α-hetero) is 1. The van der Waals surface area contributed by atoms with Gasteiger partial charge in [0.1, 0.15) is 5.78 Å². The maximum absolute atomic E-state index is 11.2. The molecule has 76 valence electrons. The normalized spacial score (nSPS) is 11.1. The van der Waals surface area contributed by atoms with Gasteiger partial charge in [0.2, 0.25) is 5.91 Å². The first kappa shape index (κ1) is 12.1. The maximum Gasteiger partial charge on any atom is 0.220 e. The Morgan fingerprint density at radius 2 is 1.69 bits per heavy atom. The van der Waals surface area contributed by atoms with Crippen LogP contribution >= 0.6 is 0 Å². The molecular formula is C10H19NO2. The van der Waals surface area contributed by atoms with Crippen molar-refractivity contribution in [2.45, 2.75) is 52.5 Å². The Morgan fingerprint density at radius 1 is 1.15 bits per heavy atom. The monoisotopic (exact) mass is 185 g/mol. The van der Waals surface area contributed by atoms with Crippen molar-refractivity contribution in [1.82, 2.24) is 5.32 Å². The predicted molar refractivity (Wildman–Crippen MR) is 52.4 cm³/mol. The molecule has 0 spiro atoms. The highest BCUT2D eigenvalue weighted by Crippen LogP contribution is 2.02. The zero-order valence-corrected chi connectivity index (χ0v) is 8.94. The van der Waals surface area contributed by atoms with Crippen molar-refractivity contribution < 1.29 is 9.59 Å². The second kappa shape index (κ2) is 5.00. The minimum atomic E-state index is -0.173. The minimum absolute atomic E-state index is 0.0220. The average Bonchev–Trinajstić information content (AvgIpc) is 1.81. The van der Waals surface area contributed by atoms with E-state index in [1.54, 1.807) is 6.92 Å². The fourth-order valence-corrected chi connectivity index (χ4v) is 0.979. The number of amides is 1. The number of carbonyl (C=O) groups excluding carboxylic acids is 2. The first-order valence-corrected chi connectivity index (χ1v) is 4.62. The smallest absolute Gasteiger partial charge is 0.220 e. The molecule has 0 aromatic heterocycles. The Balaban J connectivity index is 3.59. The summed E-state index contributed by atoms with van der Waals surface area (Å²) in [4.78, 5) is 21.8. The van der Waals surface area contributed by atoms with Crippen LogP contribution < -0.4 is 5.32 Å². The highest BCUT2D eigenvalue weighted by Gasteiger charge is 2.12. The fraction of sp³-hybridized carbons (Fsp3) is 0.800. The lowest BCUT2D eigenvalue weighted by atomic mass is 10.1. The topological polar surface area (TPSA) is 46.2 Å². The molecule has 0 bridgehead atoms. The molecule has 0 saturated carbocycles.